The zero-order valence-corrected chi connectivity index (χ0v) is 7.98. The van der Waals surface area contributed by atoms with Gasteiger partial charge in [-0.15, -0.1) is 0 Å². The molecule has 0 fully saturated rings. The van der Waals surface area contributed by atoms with Gasteiger partial charge in [0.2, 0.25) is 0 Å². The van der Waals surface area contributed by atoms with Crippen molar-refractivity contribution in [3.8, 4) is 0 Å². The molecule has 1 aromatic heterocycles. The number of aromatic nitrogens is 1. The number of aldehydes is 1. The van der Waals surface area contributed by atoms with Crippen LogP contribution in [0, 0.1) is 17.0 Å². The number of para-hydroxylation sites is 1. The van der Waals surface area contributed by atoms with Crippen molar-refractivity contribution in [2.24, 2.45) is 0 Å². The summed E-state index contributed by atoms with van der Waals surface area (Å²) >= 11 is 0. The number of fused-ring (bicyclic) bond motifs is 1. The maximum absolute atomic E-state index is 10.7. The number of aryl methyl sites for hydroxylation is 1. The molecule has 0 spiro atoms. The smallest absolute Gasteiger partial charge is 0.293 e. The molecule has 1 aromatic carbocycles. The molecule has 0 aliphatic heterocycles. The Labute approximate surface area is 84.9 Å². The maximum atomic E-state index is 10.7. The van der Waals surface area contributed by atoms with Crippen molar-refractivity contribution >= 4 is 22.9 Å². The number of nitrogens with zero attached hydrogens (tertiary/aromatic N) is 1. The number of hydrogen-bond acceptors (Lipinski definition) is 3. The van der Waals surface area contributed by atoms with Gasteiger partial charge in [0.05, 0.1) is 10.6 Å². The predicted octanol–water partition coefficient (Wildman–Crippen LogP) is 2.20. The summed E-state index contributed by atoms with van der Waals surface area (Å²) in [7, 11) is 0. The van der Waals surface area contributed by atoms with Crippen molar-refractivity contribution in [3.63, 3.8) is 0 Å². The Morgan fingerprint density at radius 3 is 2.80 bits per heavy atom. The van der Waals surface area contributed by atoms with Crippen molar-refractivity contribution in [2.75, 3.05) is 0 Å². The average molecular weight is 204 g/mol. The molecule has 2 aromatic rings. The van der Waals surface area contributed by atoms with E-state index in [-0.39, 0.29) is 5.69 Å². The highest BCUT2D eigenvalue weighted by Gasteiger charge is 2.16. The Hall–Kier alpha value is -2.17. The summed E-state index contributed by atoms with van der Waals surface area (Å²) in [6.45, 7) is 1.76. The Bertz CT molecular complexity index is 557. The molecule has 2 rings (SSSR count). The van der Waals surface area contributed by atoms with Gasteiger partial charge >= 0.3 is 0 Å². The van der Waals surface area contributed by atoms with Gasteiger partial charge in [-0.25, -0.2) is 0 Å². The number of benzene rings is 1. The summed E-state index contributed by atoms with van der Waals surface area (Å²) in [6, 6.07) is 4.77. The molecule has 0 amide bonds. The average Bonchev–Trinajstić information content (AvgIpc) is 2.55. The summed E-state index contributed by atoms with van der Waals surface area (Å²) in [6.07, 6.45) is 0.666. The first-order chi connectivity index (χ1) is 7.15. The van der Waals surface area contributed by atoms with Crippen LogP contribution in [-0.4, -0.2) is 16.2 Å². The summed E-state index contributed by atoms with van der Waals surface area (Å²) in [5, 5.41) is 11.4. The molecule has 1 N–H and O–H groups in total. The van der Waals surface area contributed by atoms with Gasteiger partial charge in [-0.3, -0.25) is 14.9 Å². The van der Waals surface area contributed by atoms with Gasteiger partial charge in [0.25, 0.3) is 5.69 Å². The predicted molar refractivity (Wildman–Crippen MR) is 55.1 cm³/mol. The van der Waals surface area contributed by atoms with E-state index in [2.05, 4.69) is 4.98 Å². The first-order valence-electron chi connectivity index (χ1n) is 4.36. The minimum absolute atomic E-state index is 0.0105. The summed E-state index contributed by atoms with van der Waals surface area (Å²) in [5.74, 6) is 0. The van der Waals surface area contributed by atoms with Crippen LogP contribution >= 0.6 is 0 Å². The summed E-state index contributed by atoms with van der Waals surface area (Å²) in [5.41, 5.74) is 1.52. The maximum Gasteiger partial charge on any atom is 0.293 e. The Balaban J connectivity index is 2.87. The van der Waals surface area contributed by atoms with Crippen LogP contribution in [0.4, 0.5) is 5.69 Å². The van der Waals surface area contributed by atoms with Gasteiger partial charge in [0, 0.05) is 11.5 Å². The lowest BCUT2D eigenvalue weighted by atomic mass is 10.1. The number of carbonyl (C=O) groups is 1. The van der Waals surface area contributed by atoms with E-state index in [1.807, 2.05) is 0 Å². The molecule has 15 heavy (non-hydrogen) atoms. The largest absolute Gasteiger partial charge is 0.347 e. The van der Waals surface area contributed by atoms with Crippen LogP contribution in [0.1, 0.15) is 16.1 Å². The van der Waals surface area contributed by atoms with Gasteiger partial charge in [0.1, 0.15) is 5.52 Å². The molecule has 0 atom stereocenters. The van der Waals surface area contributed by atoms with Crippen molar-refractivity contribution in [2.45, 2.75) is 6.92 Å². The van der Waals surface area contributed by atoms with E-state index in [4.69, 9.17) is 0 Å². The zero-order chi connectivity index (χ0) is 11.0. The van der Waals surface area contributed by atoms with Crippen molar-refractivity contribution in [1.29, 1.82) is 0 Å². The van der Waals surface area contributed by atoms with E-state index in [1.165, 1.54) is 6.07 Å². The quantitative estimate of drug-likeness (QED) is 0.462. The standard InChI is InChI=1S/C10H8N2O3/c1-6-7-3-2-4-9(12(14)15)10(7)11-8(6)5-13/h2-5,11H,1H3. The van der Waals surface area contributed by atoms with E-state index < -0.39 is 4.92 Å². The summed E-state index contributed by atoms with van der Waals surface area (Å²) < 4.78 is 0. The van der Waals surface area contributed by atoms with Crippen LogP contribution in [0.5, 0.6) is 0 Å². The fraction of sp³-hybridized carbons (Fsp3) is 0.100. The third-order valence-electron chi connectivity index (χ3n) is 2.42. The van der Waals surface area contributed by atoms with Crippen LogP contribution in [0.15, 0.2) is 18.2 Å². The molecule has 0 aliphatic carbocycles. The first-order valence-corrected chi connectivity index (χ1v) is 4.36. The molecule has 5 nitrogen and oxygen atoms in total. The Morgan fingerprint density at radius 2 is 2.20 bits per heavy atom. The second kappa shape index (κ2) is 3.20. The molecular formula is C10H8N2O3. The lowest BCUT2D eigenvalue weighted by Gasteiger charge is -1.93. The number of rotatable bonds is 2. The van der Waals surface area contributed by atoms with Gasteiger partial charge in [0.15, 0.2) is 6.29 Å². The number of hydrogen-bond donors (Lipinski definition) is 1. The second-order valence-corrected chi connectivity index (χ2v) is 3.24. The number of non-ortho nitro benzene ring substituents is 1. The highest BCUT2D eigenvalue weighted by Crippen LogP contribution is 2.28. The molecule has 0 saturated heterocycles. The number of nitro benzene ring substituents is 1. The highest BCUT2D eigenvalue weighted by molar-refractivity contribution is 5.96. The van der Waals surface area contributed by atoms with Crippen LogP contribution in [-0.2, 0) is 0 Å². The molecule has 0 unspecified atom stereocenters. The SMILES string of the molecule is Cc1c(C=O)[nH]c2c([N+](=O)[O-])cccc12. The first kappa shape index (κ1) is 9.39. The van der Waals surface area contributed by atoms with Crippen molar-refractivity contribution in [3.05, 3.63) is 39.6 Å². The number of nitro groups is 1. The number of H-pyrrole nitrogens is 1. The van der Waals surface area contributed by atoms with Gasteiger partial charge in [-0.2, -0.15) is 0 Å². The van der Waals surface area contributed by atoms with E-state index in [9.17, 15) is 14.9 Å². The van der Waals surface area contributed by atoms with E-state index in [0.29, 0.717) is 22.9 Å². The van der Waals surface area contributed by atoms with E-state index in [0.717, 1.165) is 5.56 Å². The van der Waals surface area contributed by atoms with Crippen LogP contribution in [0.2, 0.25) is 0 Å². The van der Waals surface area contributed by atoms with E-state index in [1.54, 1.807) is 19.1 Å². The summed E-state index contributed by atoms with van der Waals surface area (Å²) in [4.78, 5) is 23.7. The topological polar surface area (TPSA) is 76.0 Å². The van der Waals surface area contributed by atoms with Gasteiger partial charge < -0.3 is 4.98 Å². The second-order valence-electron chi connectivity index (χ2n) is 3.24. The Kier molecular flexibility index (Phi) is 2.00. The molecule has 5 heteroatoms. The molecule has 1 heterocycles. The van der Waals surface area contributed by atoms with Crippen molar-refractivity contribution in [1.82, 2.24) is 4.98 Å². The molecule has 0 aliphatic rings. The molecule has 0 bridgehead atoms. The fourth-order valence-electron chi connectivity index (χ4n) is 1.63. The Morgan fingerprint density at radius 1 is 1.47 bits per heavy atom. The van der Waals surface area contributed by atoms with Crippen molar-refractivity contribution < 1.29 is 9.72 Å². The lowest BCUT2D eigenvalue weighted by Crippen LogP contribution is -1.88. The third kappa shape index (κ3) is 1.28. The van der Waals surface area contributed by atoms with Crippen LogP contribution in [0.25, 0.3) is 10.9 Å². The molecule has 76 valence electrons. The minimum atomic E-state index is -0.465. The molecule has 0 radical (unpaired) electrons. The minimum Gasteiger partial charge on any atom is -0.347 e. The highest BCUT2D eigenvalue weighted by atomic mass is 16.6. The van der Waals surface area contributed by atoms with E-state index >= 15 is 0 Å². The van der Waals surface area contributed by atoms with Crippen LogP contribution in [0.3, 0.4) is 0 Å². The molecular weight excluding hydrogens is 196 g/mol. The monoisotopic (exact) mass is 204 g/mol. The fourth-order valence-corrected chi connectivity index (χ4v) is 1.63. The van der Waals surface area contributed by atoms with Crippen LogP contribution < -0.4 is 0 Å². The number of aromatic amines is 1. The third-order valence-corrected chi connectivity index (χ3v) is 2.42. The normalized spacial score (nSPS) is 10.5. The van der Waals surface area contributed by atoms with Gasteiger partial charge in [-0.05, 0) is 12.5 Å². The number of nitrogens with one attached hydrogen (secondary N) is 1. The van der Waals surface area contributed by atoms with Gasteiger partial charge in [-0.1, -0.05) is 12.1 Å². The zero-order valence-electron chi connectivity index (χ0n) is 7.98. The number of carbonyl (C=O) groups excluding carboxylic acids is 1. The molecule has 0 saturated carbocycles. The lowest BCUT2D eigenvalue weighted by molar-refractivity contribution is -0.383.